The molecule has 21 heavy (non-hydrogen) atoms. The van der Waals surface area contributed by atoms with Crippen molar-refractivity contribution in [2.75, 3.05) is 5.32 Å². The maximum atomic E-state index is 12.0. The minimum atomic E-state index is -0.494. The number of hydrogen-bond donors (Lipinski definition) is 1. The predicted molar refractivity (Wildman–Crippen MR) is 89.5 cm³/mol. The number of nitrogens with one attached hydrogen (secondary N) is 1. The Hall–Kier alpha value is -1.32. The van der Waals surface area contributed by atoms with Crippen molar-refractivity contribution >= 4 is 34.5 Å². The lowest BCUT2D eigenvalue weighted by Gasteiger charge is -2.17. The van der Waals surface area contributed by atoms with E-state index in [0.29, 0.717) is 0 Å². The van der Waals surface area contributed by atoms with Crippen LogP contribution in [-0.2, 0) is 16.6 Å². The van der Waals surface area contributed by atoms with Crippen molar-refractivity contribution in [2.45, 2.75) is 38.0 Å². The summed E-state index contributed by atoms with van der Waals surface area (Å²) in [6.07, 6.45) is 1.03. The van der Waals surface area contributed by atoms with Crippen LogP contribution in [0.5, 0.6) is 0 Å². The van der Waals surface area contributed by atoms with Gasteiger partial charge in [0.2, 0.25) is 5.91 Å². The molecule has 0 bridgehead atoms. The fraction of sp³-hybridized carbons (Fsp3) is 0.353. The third-order valence-corrected chi connectivity index (χ3v) is 6.02. The fourth-order valence-corrected chi connectivity index (χ4v) is 3.93. The second-order valence-corrected chi connectivity index (χ2v) is 7.54. The van der Waals surface area contributed by atoms with E-state index in [4.69, 9.17) is 11.6 Å². The Morgan fingerprint density at radius 1 is 1.29 bits per heavy atom. The SMILES string of the molecule is CCc1ccc(C(Cl)c2ccc3c(c2)C(C)(C)C(=O)N3)s1. The Labute approximate surface area is 134 Å². The minimum Gasteiger partial charge on any atom is -0.325 e. The molecule has 1 amide bonds. The van der Waals surface area contributed by atoms with Crippen LogP contribution in [0, 0.1) is 0 Å². The van der Waals surface area contributed by atoms with Gasteiger partial charge < -0.3 is 5.32 Å². The highest BCUT2D eigenvalue weighted by Crippen LogP contribution is 2.41. The molecule has 0 radical (unpaired) electrons. The number of fused-ring (bicyclic) bond motifs is 1. The lowest BCUT2D eigenvalue weighted by Crippen LogP contribution is -2.26. The van der Waals surface area contributed by atoms with E-state index in [1.54, 1.807) is 11.3 Å². The molecule has 110 valence electrons. The summed E-state index contributed by atoms with van der Waals surface area (Å²) in [6.45, 7) is 6.04. The van der Waals surface area contributed by atoms with Crippen LogP contribution < -0.4 is 5.32 Å². The zero-order chi connectivity index (χ0) is 15.2. The van der Waals surface area contributed by atoms with Crippen molar-refractivity contribution in [3.05, 3.63) is 51.2 Å². The van der Waals surface area contributed by atoms with Crippen LogP contribution in [-0.4, -0.2) is 5.91 Å². The van der Waals surface area contributed by atoms with Crippen molar-refractivity contribution in [3.63, 3.8) is 0 Å². The van der Waals surface area contributed by atoms with Gasteiger partial charge in [-0.1, -0.05) is 19.1 Å². The summed E-state index contributed by atoms with van der Waals surface area (Å²) in [7, 11) is 0. The van der Waals surface area contributed by atoms with Gasteiger partial charge in [-0.15, -0.1) is 22.9 Å². The number of halogens is 1. The third-order valence-electron chi connectivity index (χ3n) is 4.11. The van der Waals surface area contributed by atoms with Crippen LogP contribution in [0.4, 0.5) is 5.69 Å². The van der Waals surface area contributed by atoms with Crippen LogP contribution in [0.2, 0.25) is 0 Å². The molecule has 2 heterocycles. The number of hydrogen-bond acceptors (Lipinski definition) is 2. The van der Waals surface area contributed by atoms with E-state index in [1.807, 2.05) is 26.0 Å². The molecule has 3 rings (SSSR count). The number of alkyl halides is 1. The Morgan fingerprint density at radius 2 is 2.05 bits per heavy atom. The molecule has 1 aromatic carbocycles. The minimum absolute atomic E-state index is 0.0464. The monoisotopic (exact) mass is 319 g/mol. The molecule has 4 heteroatoms. The average Bonchev–Trinajstić information content (AvgIpc) is 3.02. The second kappa shape index (κ2) is 5.15. The van der Waals surface area contributed by atoms with E-state index in [0.717, 1.165) is 28.1 Å². The van der Waals surface area contributed by atoms with Crippen molar-refractivity contribution < 1.29 is 4.79 Å². The molecule has 0 saturated heterocycles. The van der Waals surface area contributed by atoms with Crippen molar-refractivity contribution in [2.24, 2.45) is 0 Å². The summed E-state index contributed by atoms with van der Waals surface area (Å²) >= 11 is 8.39. The fourth-order valence-electron chi connectivity index (χ4n) is 2.63. The summed E-state index contributed by atoms with van der Waals surface area (Å²) in [6, 6.07) is 10.3. The quantitative estimate of drug-likeness (QED) is 0.803. The van der Waals surface area contributed by atoms with Gasteiger partial charge in [-0.2, -0.15) is 0 Å². The van der Waals surface area contributed by atoms with E-state index < -0.39 is 5.41 Å². The smallest absolute Gasteiger partial charge is 0.234 e. The first kappa shape index (κ1) is 14.6. The molecule has 2 aromatic rings. The van der Waals surface area contributed by atoms with Gasteiger partial charge in [-0.05, 0) is 49.6 Å². The Bertz CT molecular complexity index is 705. The molecule has 1 aliphatic rings. The molecule has 0 fully saturated rings. The Morgan fingerprint density at radius 3 is 2.71 bits per heavy atom. The summed E-state index contributed by atoms with van der Waals surface area (Å²) in [4.78, 5) is 14.5. The first-order valence-electron chi connectivity index (χ1n) is 7.12. The highest BCUT2D eigenvalue weighted by Gasteiger charge is 2.38. The second-order valence-electron chi connectivity index (χ2n) is 5.90. The van der Waals surface area contributed by atoms with E-state index in [1.165, 1.54) is 4.88 Å². The first-order valence-corrected chi connectivity index (χ1v) is 8.37. The number of thiophene rings is 1. The number of anilines is 1. The number of rotatable bonds is 3. The van der Waals surface area contributed by atoms with Crippen LogP contribution in [0.25, 0.3) is 0 Å². The maximum Gasteiger partial charge on any atom is 0.234 e. The van der Waals surface area contributed by atoms with Crippen molar-refractivity contribution in [1.29, 1.82) is 0 Å². The average molecular weight is 320 g/mol. The van der Waals surface area contributed by atoms with Crippen molar-refractivity contribution in [3.8, 4) is 0 Å². The predicted octanol–water partition coefficient (Wildman–Crippen LogP) is 4.87. The summed E-state index contributed by atoms with van der Waals surface area (Å²) in [5.74, 6) is 0.0464. The van der Waals surface area contributed by atoms with Gasteiger partial charge in [-0.3, -0.25) is 4.79 Å². The van der Waals surface area contributed by atoms with Crippen LogP contribution in [0.3, 0.4) is 0 Å². The maximum absolute atomic E-state index is 12.0. The highest BCUT2D eigenvalue weighted by molar-refractivity contribution is 7.12. The molecular formula is C17H18ClNOS. The molecule has 0 saturated carbocycles. The first-order chi connectivity index (χ1) is 9.93. The molecule has 0 spiro atoms. The lowest BCUT2D eigenvalue weighted by molar-refractivity contribution is -0.119. The molecule has 1 aliphatic heterocycles. The number of aryl methyl sites for hydroxylation is 1. The highest BCUT2D eigenvalue weighted by atomic mass is 35.5. The number of benzene rings is 1. The normalized spacial score (nSPS) is 17.4. The number of carbonyl (C=O) groups is 1. The Balaban J connectivity index is 1.98. The van der Waals surface area contributed by atoms with Gasteiger partial charge in [0.05, 0.1) is 10.8 Å². The van der Waals surface area contributed by atoms with E-state index in [9.17, 15) is 4.79 Å². The number of amides is 1. The van der Waals surface area contributed by atoms with Gasteiger partial charge in [0.25, 0.3) is 0 Å². The molecule has 1 atom stereocenters. The molecular weight excluding hydrogens is 302 g/mol. The van der Waals surface area contributed by atoms with Crippen LogP contribution in [0.15, 0.2) is 30.3 Å². The lowest BCUT2D eigenvalue weighted by atomic mass is 9.85. The zero-order valence-corrected chi connectivity index (χ0v) is 13.9. The van der Waals surface area contributed by atoms with Crippen molar-refractivity contribution in [1.82, 2.24) is 0 Å². The molecule has 1 aromatic heterocycles. The van der Waals surface area contributed by atoms with Gasteiger partial charge in [0.15, 0.2) is 0 Å². The van der Waals surface area contributed by atoms with Gasteiger partial charge in [0.1, 0.15) is 0 Å². The number of carbonyl (C=O) groups excluding carboxylic acids is 1. The third kappa shape index (κ3) is 2.39. The molecule has 0 aliphatic carbocycles. The van der Waals surface area contributed by atoms with E-state index >= 15 is 0 Å². The van der Waals surface area contributed by atoms with E-state index in [-0.39, 0.29) is 11.3 Å². The largest absolute Gasteiger partial charge is 0.325 e. The van der Waals surface area contributed by atoms with Crippen LogP contribution >= 0.6 is 22.9 Å². The van der Waals surface area contributed by atoms with Gasteiger partial charge >= 0.3 is 0 Å². The van der Waals surface area contributed by atoms with Gasteiger partial charge in [-0.25, -0.2) is 0 Å². The molecule has 2 nitrogen and oxygen atoms in total. The van der Waals surface area contributed by atoms with Crippen LogP contribution in [0.1, 0.15) is 47.0 Å². The standard InChI is InChI=1S/C17H18ClNOS/c1-4-11-6-8-14(21-11)15(18)10-5-7-13-12(9-10)17(2,3)16(20)19-13/h5-9,15H,4H2,1-3H3,(H,19,20). The molecule has 1 N–H and O–H groups in total. The Kier molecular flexibility index (Phi) is 3.58. The summed E-state index contributed by atoms with van der Waals surface area (Å²) < 4.78 is 0. The zero-order valence-electron chi connectivity index (χ0n) is 12.4. The van der Waals surface area contributed by atoms with E-state index in [2.05, 4.69) is 30.4 Å². The topological polar surface area (TPSA) is 29.1 Å². The molecule has 1 unspecified atom stereocenters. The summed E-state index contributed by atoms with van der Waals surface area (Å²) in [5, 5.41) is 2.77. The summed E-state index contributed by atoms with van der Waals surface area (Å²) in [5.41, 5.74) is 2.48. The van der Waals surface area contributed by atoms with Gasteiger partial charge in [0, 0.05) is 15.4 Å².